The molecule has 0 amide bonds. The lowest BCUT2D eigenvalue weighted by molar-refractivity contribution is 0.126. The number of hydrogen-bond donors (Lipinski definition) is 5. The van der Waals surface area contributed by atoms with Gasteiger partial charge in [-0.25, -0.2) is 14.0 Å². The number of nitrogens with one attached hydrogen (secondary N) is 1. The highest BCUT2D eigenvalue weighted by atomic mass is 35.7. The number of halogens is 1. The summed E-state index contributed by atoms with van der Waals surface area (Å²) in [6.07, 6.45) is 1.20. The number of aliphatic hydroxyl groups is 4. The molecule has 2 aromatic carbocycles. The van der Waals surface area contributed by atoms with Crippen LogP contribution in [0.5, 0.6) is 0 Å². The van der Waals surface area contributed by atoms with Crippen LogP contribution >= 0.6 is 25.8 Å². The highest BCUT2D eigenvalue weighted by Crippen LogP contribution is 2.61. The van der Waals surface area contributed by atoms with Crippen LogP contribution in [0.3, 0.4) is 0 Å². The zero-order valence-electron chi connectivity index (χ0n) is 40.7. The molecule has 5 N–H and O–H groups in total. The van der Waals surface area contributed by atoms with Gasteiger partial charge < -0.3 is 34.8 Å². The molecule has 45 heavy (non-hydrogen) atoms. The van der Waals surface area contributed by atoms with Crippen molar-refractivity contribution < 1.29 is 60.5 Å². The maximum atomic E-state index is 14.1. The Labute approximate surface area is 295 Å². The molecule has 2 saturated heterocycles. The molecular weight excluding hydrogens is 642 g/mol. The SMILES string of the molecule is CC(c1ccccc1)N1CCCOP1(=O)Cl.[2H]C([2H])(O)C([2H])([2H])N(C([2H])([2H])C([2H])([2H])O)P1(=O)OCCCN1C(C)c1ccccc1.[2H]C([2H])(O)C([2H])([2H])NC([2H])([2H])C([2H])([2H])O. The number of hydrogen-bond acceptors (Lipinski definition) is 9. The van der Waals surface area contributed by atoms with Gasteiger partial charge in [0.25, 0.3) is 0 Å². The molecule has 2 aliphatic rings. The van der Waals surface area contributed by atoms with Gasteiger partial charge in [0, 0.05) is 62.1 Å². The van der Waals surface area contributed by atoms with Gasteiger partial charge in [-0.1, -0.05) is 60.7 Å². The summed E-state index contributed by atoms with van der Waals surface area (Å²) in [4.78, 5) is 0. The fraction of sp³-hybridized carbons (Fsp3) is 0.600. The van der Waals surface area contributed by atoms with Gasteiger partial charge in [-0.05, 0) is 49.1 Å². The van der Waals surface area contributed by atoms with Crippen LogP contribution in [0.25, 0.3) is 0 Å². The topological polar surface area (TPSA) is 155 Å². The van der Waals surface area contributed by atoms with Crippen LogP contribution in [0.1, 0.15) is 71.8 Å². The van der Waals surface area contributed by atoms with Crippen molar-refractivity contribution in [3.8, 4) is 0 Å². The molecule has 0 aromatic heterocycles. The summed E-state index contributed by atoms with van der Waals surface area (Å²) in [5, 5.41) is 38.2. The Balaban J connectivity index is 0.000000348. The number of benzene rings is 2. The molecule has 15 heteroatoms. The fourth-order valence-corrected chi connectivity index (χ4v) is 8.76. The van der Waals surface area contributed by atoms with E-state index >= 15 is 0 Å². The van der Waals surface area contributed by atoms with Gasteiger partial charge in [-0.15, -0.1) is 0 Å². The van der Waals surface area contributed by atoms with Gasteiger partial charge in [-0.3, -0.25) is 9.13 Å². The summed E-state index contributed by atoms with van der Waals surface area (Å²) in [6.45, 7) is -26.9. The normalized spacial score (nSPS) is 31.6. The second kappa shape index (κ2) is 21.6. The first-order valence-electron chi connectivity index (χ1n) is 21.6. The van der Waals surface area contributed by atoms with E-state index in [-0.39, 0.29) is 23.9 Å². The molecule has 2 heterocycles. The average Bonchev–Trinajstić information content (AvgIpc) is 3.10. The van der Waals surface area contributed by atoms with Crippen LogP contribution in [0.15, 0.2) is 60.7 Å². The van der Waals surface area contributed by atoms with E-state index < -0.39 is 72.8 Å². The van der Waals surface area contributed by atoms with Crippen LogP contribution in [-0.4, -0.2) is 113 Å². The monoisotopic (exact) mass is 708 g/mol. The third-order valence-electron chi connectivity index (χ3n) is 6.46. The van der Waals surface area contributed by atoms with Crippen LogP contribution in [-0.2, 0) is 18.2 Å². The van der Waals surface area contributed by atoms with Crippen molar-refractivity contribution in [1.82, 2.24) is 19.3 Å². The molecule has 0 radical (unpaired) electrons. The van der Waals surface area contributed by atoms with Gasteiger partial charge >= 0.3 is 14.5 Å². The predicted octanol–water partition coefficient (Wildman–Crippen LogP) is 4.24. The Morgan fingerprint density at radius 3 is 1.69 bits per heavy atom. The smallest absolute Gasteiger partial charge is 0.363 e. The summed E-state index contributed by atoms with van der Waals surface area (Å²) in [6, 6.07) is 17.7. The van der Waals surface area contributed by atoms with E-state index in [0.29, 0.717) is 18.6 Å². The van der Waals surface area contributed by atoms with E-state index in [1.54, 1.807) is 41.9 Å². The maximum Gasteiger partial charge on any atom is 0.363 e. The summed E-state index contributed by atoms with van der Waals surface area (Å²) < 4.78 is 155. The van der Waals surface area contributed by atoms with Gasteiger partial charge in [0.2, 0.25) is 0 Å². The third kappa shape index (κ3) is 12.7. The van der Waals surface area contributed by atoms with Gasteiger partial charge in [0.05, 0.1) is 50.4 Å². The lowest BCUT2D eigenvalue weighted by atomic mass is 10.1. The Morgan fingerprint density at radius 1 is 0.800 bits per heavy atom. The molecule has 0 spiro atoms. The zero-order chi connectivity index (χ0) is 47.5. The zero-order valence-corrected chi connectivity index (χ0v) is 27.3. The molecule has 12 nitrogen and oxygen atoms in total. The van der Waals surface area contributed by atoms with Crippen LogP contribution < -0.4 is 5.32 Å². The first kappa shape index (κ1) is 21.7. The van der Waals surface area contributed by atoms with E-state index in [1.807, 2.05) is 37.3 Å². The predicted molar refractivity (Wildman–Crippen MR) is 178 cm³/mol. The highest BCUT2D eigenvalue weighted by Gasteiger charge is 2.43. The van der Waals surface area contributed by atoms with Crippen LogP contribution in [0, 0.1) is 0 Å². The molecule has 0 bridgehead atoms. The molecule has 0 aliphatic carbocycles. The molecular formula is C30H51ClN4O8P2. The van der Waals surface area contributed by atoms with Crippen molar-refractivity contribution in [3.05, 3.63) is 71.8 Å². The quantitative estimate of drug-likeness (QED) is 0.189. The van der Waals surface area contributed by atoms with E-state index in [0.717, 1.165) is 23.2 Å². The second-order valence-electron chi connectivity index (χ2n) is 9.17. The first-order chi connectivity index (χ1) is 27.3. The number of nitrogens with zero attached hydrogens (tertiary/aromatic N) is 3. The van der Waals surface area contributed by atoms with E-state index in [2.05, 4.69) is 0 Å². The van der Waals surface area contributed by atoms with Gasteiger partial charge in [0.15, 0.2) is 0 Å². The van der Waals surface area contributed by atoms with Crippen molar-refractivity contribution in [3.63, 3.8) is 0 Å². The third-order valence-corrected chi connectivity index (χ3v) is 11.4. The first-order valence-corrected chi connectivity index (χ1v) is 17.6. The Bertz CT molecular complexity index is 1760. The molecule has 256 valence electrons. The van der Waals surface area contributed by atoms with Crippen LogP contribution in [0.4, 0.5) is 0 Å². The van der Waals surface area contributed by atoms with Crippen molar-refractivity contribution in [2.75, 3.05) is 78.5 Å². The summed E-state index contributed by atoms with van der Waals surface area (Å²) in [5.74, 6) is 0. The van der Waals surface area contributed by atoms with Crippen molar-refractivity contribution >= 4 is 25.8 Å². The van der Waals surface area contributed by atoms with E-state index in [4.69, 9.17) is 52.4 Å². The summed E-state index contributed by atoms with van der Waals surface area (Å²) >= 11 is 5.94. The summed E-state index contributed by atoms with van der Waals surface area (Å²) in [5.41, 5.74) is 1.72. The average molecular weight is 709 g/mol. The maximum absolute atomic E-state index is 14.1. The lowest BCUT2D eigenvalue weighted by Gasteiger charge is -2.43. The van der Waals surface area contributed by atoms with Crippen molar-refractivity contribution in [2.45, 2.75) is 38.8 Å². The molecule has 2 aromatic rings. The van der Waals surface area contributed by atoms with Crippen molar-refractivity contribution in [2.24, 2.45) is 0 Å². The molecule has 4 rings (SSSR count). The number of rotatable bonds is 13. The van der Waals surface area contributed by atoms with Gasteiger partial charge in [-0.2, -0.15) is 0 Å². The molecule has 4 unspecified atom stereocenters. The minimum atomic E-state index is -4.87. The Hall–Kier alpha value is -1.21. The molecule has 4 atom stereocenters. The lowest BCUT2D eigenvalue weighted by Crippen LogP contribution is -2.40. The molecule has 2 aliphatic heterocycles. The van der Waals surface area contributed by atoms with Crippen molar-refractivity contribution in [1.29, 1.82) is 0 Å². The second-order valence-corrected chi connectivity index (χ2v) is 14.3. The van der Waals surface area contributed by atoms with E-state index in [1.165, 1.54) is 5.32 Å². The molecule has 0 saturated carbocycles. The fourth-order valence-electron chi connectivity index (χ4n) is 4.34. The Morgan fingerprint density at radius 2 is 1.24 bits per heavy atom. The minimum Gasteiger partial charge on any atom is -0.395 e. The van der Waals surface area contributed by atoms with E-state index in [9.17, 15) is 19.3 Å². The van der Waals surface area contributed by atoms with Crippen LogP contribution in [0.2, 0.25) is 0 Å². The van der Waals surface area contributed by atoms with Gasteiger partial charge in [0.1, 0.15) is 0 Å². The highest BCUT2D eigenvalue weighted by molar-refractivity contribution is 7.83. The Kier molecular flexibility index (Phi) is 10.4. The molecule has 2 fully saturated rings. The standard InChI is InChI=1S/C15H25N2O4P.C11H15ClNO2P.C4H11NO2/c1-14(15-6-3-2-4-7-15)17-8-5-13-21-22(17,20)16(9-11-18)10-12-19;1-10(11-6-3-2-4-7-11)13-8-5-9-15-16(13,12)14;6-3-1-5-2-4-7/h2-4,6-7,14,18-19H,5,8-13H2,1H3;2-4,6-7,10H,5,8-9H2,1H3;5-7H,1-4H2/i9D2,10D2,11D2,12D2;;1D2,2D2,3D2,4D2. The largest absolute Gasteiger partial charge is 0.395 e. The summed E-state index contributed by atoms with van der Waals surface area (Å²) in [7, 11) is -4.87. The minimum absolute atomic E-state index is 0.0184.